The van der Waals surface area contributed by atoms with Crippen molar-refractivity contribution in [2.75, 3.05) is 32.2 Å². The van der Waals surface area contributed by atoms with Crippen molar-refractivity contribution in [2.24, 2.45) is 0 Å². The lowest BCUT2D eigenvalue weighted by atomic mass is 10.2. The summed E-state index contributed by atoms with van der Waals surface area (Å²) < 4.78 is 5.17. The second kappa shape index (κ2) is 5.54. The summed E-state index contributed by atoms with van der Waals surface area (Å²) in [5.74, 6) is -0.384. The van der Waals surface area contributed by atoms with E-state index in [1.54, 1.807) is 12.1 Å². The number of carbonyl (C=O) groups is 1. The molecule has 0 amide bonds. The van der Waals surface area contributed by atoms with Gasteiger partial charge in [-0.05, 0) is 39.2 Å². The molecule has 0 radical (unpaired) electrons. The number of nitrogens with zero attached hydrogens (tertiary/aromatic N) is 1. The first-order valence-electron chi connectivity index (χ1n) is 5.40. The van der Waals surface area contributed by atoms with Crippen LogP contribution in [0.3, 0.4) is 0 Å². The summed E-state index contributed by atoms with van der Waals surface area (Å²) in [5, 5.41) is 0. The van der Waals surface area contributed by atoms with E-state index in [-0.39, 0.29) is 12.0 Å². The number of likely N-dealkylation sites (N-methyl/N-ethyl adjacent to an activating group) is 1. The van der Waals surface area contributed by atoms with Crippen LogP contribution >= 0.6 is 0 Å². The first-order valence-corrected chi connectivity index (χ1v) is 5.40. The Labute approximate surface area is 101 Å². The maximum atomic E-state index is 11.7. The SMILES string of the molecule is CC(COC(=O)c1ccc(N)c(N)c1)N(C)C. The molecule has 0 saturated heterocycles. The van der Waals surface area contributed by atoms with Crippen molar-refractivity contribution in [1.29, 1.82) is 0 Å². The van der Waals surface area contributed by atoms with Crippen molar-refractivity contribution in [3.05, 3.63) is 23.8 Å². The van der Waals surface area contributed by atoms with E-state index in [1.165, 1.54) is 6.07 Å². The summed E-state index contributed by atoms with van der Waals surface area (Å²) in [6.07, 6.45) is 0. The van der Waals surface area contributed by atoms with Gasteiger partial charge in [0.25, 0.3) is 0 Å². The first-order chi connectivity index (χ1) is 7.91. The van der Waals surface area contributed by atoms with Gasteiger partial charge in [-0.25, -0.2) is 4.79 Å². The second-order valence-electron chi connectivity index (χ2n) is 4.25. The number of nitrogens with two attached hydrogens (primary N) is 2. The summed E-state index contributed by atoms with van der Waals surface area (Å²) in [6.45, 7) is 2.32. The third kappa shape index (κ3) is 3.64. The Balaban J connectivity index is 2.61. The zero-order valence-corrected chi connectivity index (χ0v) is 10.4. The van der Waals surface area contributed by atoms with Crippen molar-refractivity contribution < 1.29 is 9.53 Å². The molecule has 0 aliphatic rings. The fourth-order valence-corrected chi connectivity index (χ4v) is 1.13. The molecule has 94 valence electrons. The Kier molecular flexibility index (Phi) is 4.34. The van der Waals surface area contributed by atoms with Gasteiger partial charge in [0.2, 0.25) is 0 Å². The van der Waals surface area contributed by atoms with Gasteiger partial charge in [-0.2, -0.15) is 0 Å². The van der Waals surface area contributed by atoms with E-state index in [0.717, 1.165) is 0 Å². The molecule has 0 aliphatic heterocycles. The number of carbonyl (C=O) groups excluding carboxylic acids is 1. The average Bonchev–Trinajstić information content (AvgIpc) is 2.28. The number of esters is 1. The van der Waals surface area contributed by atoms with Crippen molar-refractivity contribution >= 4 is 17.3 Å². The van der Waals surface area contributed by atoms with Crippen LogP contribution in [0, 0.1) is 0 Å². The summed E-state index contributed by atoms with van der Waals surface area (Å²) in [4.78, 5) is 13.7. The number of anilines is 2. The molecule has 5 heteroatoms. The molecular formula is C12H19N3O2. The van der Waals surface area contributed by atoms with E-state index in [1.807, 2.05) is 25.9 Å². The topological polar surface area (TPSA) is 81.6 Å². The fraction of sp³-hybridized carbons (Fsp3) is 0.417. The summed E-state index contributed by atoms with van der Waals surface area (Å²) in [5.41, 5.74) is 12.5. The van der Waals surface area contributed by atoms with Gasteiger partial charge in [0.15, 0.2) is 0 Å². The van der Waals surface area contributed by atoms with Crippen molar-refractivity contribution in [2.45, 2.75) is 13.0 Å². The van der Waals surface area contributed by atoms with Crippen molar-refractivity contribution in [1.82, 2.24) is 4.90 Å². The average molecular weight is 237 g/mol. The van der Waals surface area contributed by atoms with Gasteiger partial charge in [0.05, 0.1) is 16.9 Å². The maximum absolute atomic E-state index is 11.7. The number of hydrogen-bond donors (Lipinski definition) is 2. The van der Waals surface area contributed by atoms with Gasteiger partial charge in [-0.15, -0.1) is 0 Å². The Hall–Kier alpha value is -1.75. The molecule has 1 aromatic rings. The van der Waals surface area contributed by atoms with Gasteiger partial charge >= 0.3 is 5.97 Å². The molecule has 1 unspecified atom stereocenters. The van der Waals surface area contributed by atoms with E-state index < -0.39 is 0 Å². The summed E-state index contributed by atoms with van der Waals surface area (Å²) in [6, 6.07) is 4.90. The zero-order valence-electron chi connectivity index (χ0n) is 10.4. The highest BCUT2D eigenvalue weighted by molar-refractivity contribution is 5.91. The van der Waals surface area contributed by atoms with Gasteiger partial charge < -0.3 is 21.1 Å². The molecule has 0 aliphatic carbocycles. The molecule has 0 spiro atoms. The molecule has 0 heterocycles. The van der Waals surface area contributed by atoms with Crippen LogP contribution in [0.1, 0.15) is 17.3 Å². The largest absolute Gasteiger partial charge is 0.460 e. The van der Waals surface area contributed by atoms with Crippen LogP contribution in [0.25, 0.3) is 0 Å². The normalized spacial score (nSPS) is 12.5. The van der Waals surface area contributed by atoms with Gasteiger partial charge in [-0.1, -0.05) is 0 Å². The minimum atomic E-state index is -0.384. The molecule has 0 fully saturated rings. The van der Waals surface area contributed by atoms with Crippen LogP contribution < -0.4 is 11.5 Å². The van der Waals surface area contributed by atoms with E-state index >= 15 is 0 Å². The molecular weight excluding hydrogens is 218 g/mol. The highest BCUT2D eigenvalue weighted by Gasteiger charge is 2.11. The third-order valence-corrected chi connectivity index (χ3v) is 2.66. The molecule has 17 heavy (non-hydrogen) atoms. The van der Waals surface area contributed by atoms with Crippen LogP contribution in [0.15, 0.2) is 18.2 Å². The zero-order chi connectivity index (χ0) is 13.0. The molecule has 0 bridgehead atoms. The smallest absolute Gasteiger partial charge is 0.338 e. The molecule has 1 atom stereocenters. The number of ether oxygens (including phenoxy) is 1. The quantitative estimate of drug-likeness (QED) is 0.602. The van der Waals surface area contributed by atoms with Crippen LogP contribution in [-0.4, -0.2) is 37.6 Å². The lowest BCUT2D eigenvalue weighted by Gasteiger charge is -2.19. The highest BCUT2D eigenvalue weighted by atomic mass is 16.5. The number of nitrogen functional groups attached to an aromatic ring is 2. The van der Waals surface area contributed by atoms with Gasteiger partial charge in [0.1, 0.15) is 6.61 Å². The molecule has 1 rings (SSSR count). The second-order valence-corrected chi connectivity index (χ2v) is 4.25. The molecule has 1 aromatic carbocycles. The van der Waals surface area contributed by atoms with E-state index in [4.69, 9.17) is 16.2 Å². The third-order valence-electron chi connectivity index (χ3n) is 2.66. The predicted octanol–water partition coefficient (Wildman–Crippen LogP) is 0.958. The fourth-order valence-electron chi connectivity index (χ4n) is 1.13. The Bertz CT molecular complexity index is 405. The van der Waals surface area contributed by atoms with Crippen LogP contribution in [0.4, 0.5) is 11.4 Å². The summed E-state index contributed by atoms with van der Waals surface area (Å²) in [7, 11) is 3.86. The molecule has 4 N–H and O–H groups in total. The van der Waals surface area contributed by atoms with Crippen LogP contribution in [0.2, 0.25) is 0 Å². The number of hydrogen-bond acceptors (Lipinski definition) is 5. The van der Waals surface area contributed by atoms with Crippen LogP contribution in [0.5, 0.6) is 0 Å². The molecule has 0 saturated carbocycles. The molecule has 5 nitrogen and oxygen atoms in total. The van der Waals surface area contributed by atoms with E-state index in [2.05, 4.69) is 0 Å². The first kappa shape index (κ1) is 13.3. The number of rotatable bonds is 4. The standard InChI is InChI=1S/C12H19N3O2/c1-8(15(2)3)7-17-12(16)9-4-5-10(13)11(14)6-9/h4-6,8H,7,13-14H2,1-3H3. The van der Waals surface area contributed by atoms with Crippen LogP contribution in [-0.2, 0) is 4.74 Å². The van der Waals surface area contributed by atoms with Crippen molar-refractivity contribution in [3.8, 4) is 0 Å². The van der Waals surface area contributed by atoms with E-state index in [0.29, 0.717) is 23.5 Å². The van der Waals surface area contributed by atoms with E-state index in [9.17, 15) is 4.79 Å². The monoisotopic (exact) mass is 237 g/mol. The minimum Gasteiger partial charge on any atom is -0.460 e. The van der Waals surface area contributed by atoms with Gasteiger partial charge in [-0.3, -0.25) is 0 Å². The Morgan fingerprint density at radius 2 is 2.00 bits per heavy atom. The summed E-state index contributed by atoms with van der Waals surface area (Å²) >= 11 is 0. The highest BCUT2D eigenvalue weighted by Crippen LogP contribution is 2.16. The lowest BCUT2D eigenvalue weighted by Crippen LogP contribution is -2.30. The lowest BCUT2D eigenvalue weighted by molar-refractivity contribution is 0.0417. The minimum absolute atomic E-state index is 0.171. The van der Waals surface area contributed by atoms with Gasteiger partial charge in [0, 0.05) is 6.04 Å². The van der Waals surface area contributed by atoms with Crippen molar-refractivity contribution in [3.63, 3.8) is 0 Å². The number of benzene rings is 1. The Morgan fingerprint density at radius 1 is 1.35 bits per heavy atom. The molecule has 0 aromatic heterocycles. The Morgan fingerprint density at radius 3 is 2.53 bits per heavy atom. The predicted molar refractivity (Wildman–Crippen MR) is 68.7 cm³/mol. The maximum Gasteiger partial charge on any atom is 0.338 e.